The highest BCUT2D eigenvalue weighted by Crippen LogP contribution is 2.71. The Morgan fingerprint density at radius 1 is 1.14 bits per heavy atom. The topological polar surface area (TPSA) is 141 Å². The van der Waals surface area contributed by atoms with Crippen molar-refractivity contribution in [3.8, 4) is 0 Å². The molecule has 0 aromatic heterocycles. The van der Waals surface area contributed by atoms with Gasteiger partial charge in [-0.3, -0.25) is 4.57 Å². The van der Waals surface area contributed by atoms with E-state index in [0.717, 1.165) is 12.8 Å². The summed E-state index contributed by atoms with van der Waals surface area (Å²) in [5.74, 6) is 0. The van der Waals surface area contributed by atoms with E-state index < -0.39 is 14.3 Å². The summed E-state index contributed by atoms with van der Waals surface area (Å²) in [5, 5.41) is 8.14. The smallest absolute Gasteiger partial charge is 0.396 e. The van der Waals surface area contributed by atoms with Gasteiger partial charge in [0.1, 0.15) is 0 Å². The van der Waals surface area contributed by atoms with Crippen molar-refractivity contribution in [3.05, 3.63) is 0 Å². The lowest BCUT2D eigenvalue weighted by molar-refractivity contribution is 0.285. The third-order valence-corrected chi connectivity index (χ3v) is 4.96. The highest BCUT2D eigenvalue weighted by atomic mass is 32.1. The zero-order valence-corrected chi connectivity index (χ0v) is 9.69. The summed E-state index contributed by atoms with van der Waals surface area (Å²) in [7, 11) is -8.92. The van der Waals surface area contributed by atoms with Gasteiger partial charge in [0.2, 0.25) is 0 Å². The van der Waals surface area contributed by atoms with Crippen LogP contribution in [0.5, 0.6) is 0 Å². The Kier molecular flexibility index (Phi) is 8.98. The predicted octanol–water partition coefficient (Wildman–Crippen LogP) is -0.303. The van der Waals surface area contributed by atoms with Gasteiger partial charge >= 0.3 is 14.3 Å². The van der Waals surface area contributed by atoms with E-state index in [1.165, 1.54) is 0 Å². The number of unbranched alkanes of at least 4 members (excludes halogenated alkanes) is 1. The van der Waals surface area contributed by atoms with E-state index in [4.69, 9.17) is 25.5 Å². The first kappa shape index (κ1) is 16.7. The molecule has 7 nitrogen and oxygen atoms in total. The van der Waals surface area contributed by atoms with Crippen molar-refractivity contribution in [1.29, 1.82) is 0 Å². The minimum atomic E-state index is -4.74. The van der Waals surface area contributed by atoms with Crippen LogP contribution in [-0.2, 0) is 9.13 Å². The van der Waals surface area contributed by atoms with E-state index in [2.05, 4.69) is 0 Å². The molecule has 0 spiro atoms. The molecular formula is C5H17NO6P2. The molecular weight excluding hydrogens is 232 g/mol. The normalized spacial score (nSPS) is 15.3. The molecule has 6 N–H and O–H groups in total. The molecule has 9 heteroatoms. The number of rotatable bonds is 4. The van der Waals surface area contributed by atoms with Crippen LogP contribution in [-0.4, -0.2) is 39.6 Å². The van der Waals surface area contributed by atoms with E-state index in [-0.39, 0.29) is 6.61 Å². The Hall–Kier alpha value is 0.260. The largest absolute Gasteiger partial charge is 0.407 e. The summed E-state index contributed by atoms with van der Waals surface area (Å²) in [6.07, 6.45) is 1.78. The van der Waals surface area contributed by atoms with Crippen LogP contribution in [0.15, 0.2) is 0 Å². The number of aliphatic hydroxyl groups is 1. The summed E-state index contributed by atoms with van der Waals surface area (Å²) in [6, 6.07) is 0. The first-order valence-corrected chi connectivity index (χ1v) is 8.26. The van der Waals surface area contributed by atoms with Crippen molar-refractivity contribution in [2.75, 3.05) is 19.8 Å². The molecule has 88 valence electrons. The van der Waals surface area contributed by atoms with Crippen molar-refractivity contribution in [3.63, 3.8) is 0 Å². The van der Waals surface area contributed by atoms with Gasteiger partial charge < -0.3 is 25.5 Å². The molecule has 0 aliphatic carbocycles. The van der Waals surface area contributed by atoms with Crippen molar-refractivity contribution < 1.29 is 28.9 Å². The van der Waals surface area contributed by atoms with Gasteiger partial charge in [-0.15, -0.1) is 0 Å². The standard InChI is InChI=1S/C4H11NO.CH6O5P2/c5-3-1-2-4-6;1-7(2,3)8(4,5)6/h6H,1-5H2;1H3,(H,2,3)(H2,4,5,6). The number of aliphatic hydroxyl groups excluding tert-OH is 1. The molecule has 0 aliphatic rings. The minimum absolute atomic E-state index is 0.275. The fourth-order valence-electron chi connectivity index (χ4n) is 0.256. The van der Waals surface area contributed by atoms with Crippen LogP contribution >= 0.6 is 14.3 Å². The minimum Gasteiger partial charge on any atom is -0.396 e. The molecule has 0 bridgehead atoms. The van der Waals surface area contributed by atoms with E-state index in [0.29, 0.717) is 13.2 Å². The Morgan fingerprint density at radius 3 is 1.57 bits per heavy atom. The van der Waals surface area contributed by atoms with Crippen LogP contribution in [0.4, 0.5) is 0 Å². The second-order valence-corrected chi connectivity index (χ2v) is 9.05. The van der Waals surface area contributed by atoms with Crippen LogP contribution in [0.25, 0.3) is 0 Å². The zero-order valence-electron chi connectivity index (χ0n) is 7.91. The molecule has 0 aromatic carbocycles. The number of hydrogen-bond acceptors (Lipinski definition) is 4. The van der Waals surface area contributed by atoms with Gasteiger partial charge in [-0.1, -0.05) is 0 Å². The van der Waals surface area contributed by atoms with Gasteiger partial charge in [0, 0.05) is 13.3 Å². The zero-order chi connectivity index (χ0) is 11.8. The van der Waals surface area contributed by atoms with Gasteiger partial charge in [-0.2, -0.15) is 0 Å². The number of nitrogens with two attached hydrogens (primary N) is 1. The summed E-state index contributed by atoms with van der Waals surface area (Å²) in [5.41, 5.74) is 5.10. The lowest BCUT2D eigenvalue weighted by Gasteiger charge is -2.04. The summed E-state index contributed by atoms with van der Waals surface area (Å²) in [6.45, 7) is 1.59. The van der Waals surface area contributed by atoms with Crippen molar-refractivity contribution in [2.45, 2.75) is 12.8 Å². The molecule has 14 heavy (non-hydrogen) atoms. The second kappa shape index (κ2) is 7.54. The average molecular weight is 249 g/mol. The molecule has 0 fully saturated rings. The Labute approximate surface area is 82.5 Å². The lowest BCUT2D eigenvalue weighted by Crippen LogP contribution is -1.98. The van der Waals surface area contributed by atoms with Gasteiger partial charge in [0.25, 0.3) is 0 Å². The maximum atomic E-state index is 10.0. The quantitative estimate of drug-likeness (QED) is 0.340. The monoisotopic (exact) mass is 249 g/mol. The van der Waals surface area contributed by atoms with E-state index in [1.807, 2.05) is 0 Å². The summed E-state index contributed by atoms with van der Waals surface area (Å²) >= 11 is 0. The summed E-state index contributed by atoms with van der Waals surface area (Å²) in [4.78, 5) is 24.1. The van der Waals surface area contributed by atoms with E-state index in [1.54, 1.807) is 0 Å². The second-order valence-electron chi connectivity index (χ2n) is 2.57. The maximum Gasteiger partial charge on any atom is 0.407 e. The van der Waals surface area contributed by atoms with Gasteiger partial charge in [-0.25, -0.2) is 4.57 Å². The van der Waals surface area contributed by atoms with Crippen molar-refractivity contribution in [2.24, 2.45) is 5.73 Å². The Bertz CT molecular complexity index is 196. The predicted molar refractivity (Wildman–Crippen MR) is 53.2 cm³/mol. The molecule has 0 radical (unpaired) electrons. The van der Waals surface area contributed by atoms with E-state index in [9.17, 15) is 9.13 Å². The third kappa shape index (κ3) is 10.3. The van der Waals surface area contributed by atoms with Crippen LogP contribution in [0, 0.1) is 0 Å². The average Bonchev–Trinajstić information content (AvgIpc) is 1.98. The van der Waals surface area contributed by atoms with E-state index >= 15 is 0 Å². The van der Waals surface area contributed by atoms with Crippen LogP contribution in [0.2, 0.25) is 0 Å². The maximum absolute atomic E-state index is 10.0. The fraction of sp³-hybridized carbons (Fsp3) is 1.00. The van der Waals surface area contributed by atoms with Crippen molar-refractivity contribution >= 4 is 14.3 Å². The molecule has 0 rings (SSSR count). The SMILES string of the molecule is CP(=O)(O)P(=O)(O)O.NCCCCO. The molecule has 0 heterocycles. The van der Waals surface area contributed by atoms with Crippen LogP contribution in [0.1, 0.15) is 12.8 Å². The lowest BCUT2D eigenvalue weighted by atomic mass is 10.3. The first-order chi connectivity index (χ1) is 6.16. The van der Waals surface area contributed by atoms with Crippen LogP contribution in [0.3, 0.4) is 0 Å². The Morgan fingerprint density at radius 2 is 1.50 bits per heavy atom. The molecule has 0 aliphatic heterocycles. The highest BCUT2D eigenvalue weighted by molar-refractivity contribution is 8.28. The highest BCUT2D eigenvalue weighted by Gasteiger charge is 2.33. The molecule has 0 aromatic rings. The molecule has 0 amide bonds. The number of hydrogen-bond donors (Lipinski definition) is 5. The van der Waals surface area contributed by atoms with Gasteiger partial charge in [0.15, 0.2) is 0 Å². The molecule has 1 unspecified atom stereocenters. The summed E-state index contributed by atoms with van der Waals surface area (Å²) < 4.78 is 19.9. The van der Waals surface area contributed by atoms with Gasteiger partial charge in [-0.05, 0) is 19.4 Å². The molecule has 0 saturated heterocycles. The molecule has 0 saturated carbocycles. The van der Waals surface area contributed by atoms with Crippen LogP contribution < -0.4 is 5.73 Å². The van der Waals surface area contributed by atoms with Gasteiger partial charge in [0.05, 0.1) is 0 Å². The third-order valence-electron chi connectivity index (χ3n) is 1.10. The van der Waals surface area contributed by atoms with Crippen molar-refractivity contribution in [1.82, 2.24) is 0 Å². The molecule has 1 atom stereocenters. The first-order valence-electron chi connectivity index (χ1n) is 3.84. The Balaban J connectivity index is 0. The fourth-order valence-corrected chi connectivity index (χ4v) is 0.256.